The highest BCUT2D eigenvalue weighted by molar-refractivity contribution is 5.77. The lowest BCUT2D eigenvalue weighted by Gasteiger charge is -2.34. The van der Waals surface area contributed by atoms with Crippen molar-refractivity contribution >= 4 is 5.91 Å². The van der Waals surface area contributed by atoms with Gasteiger partial charge in [-0.15, -0.1) is 0 Å². The molecule has 2 heterocycles. The Kier molecular flexibility index (Phi) is 6.08. The Bertz CT molecular complexity index is 907. The first-order valence-electron chi connectivity index (χ1n) is 9.40. The summed E-state index contributed by atoms with van der Waals surface area (Å²) in [7, 11) is 0. The molecule has 1 saturated heterocycles. The molecule has 28 heavy (non-hydrogen) atoms. The predicted octanol–water partition coefficient (Wildman–Crippen LogP) is 1.46. The zero-order chi connectivity index (χ0) is 20.3. The van der Waals surface area contributed by atoms with Gasteiger partial charge in [0.1, 0.15) is 5.82 Å². The number of halogens is 1. The van der Waals surface area contributed by atoms with Crippen LogP contribution in [0.4, 0.5) is 4.39 Å². The molecule has 0 saturated carbocycles. The summed E-state index contributed by atoms with van der Waals surface area (Å²) in [6, 6.07) is 7.53. The Balaban J connectivity index is 1.79. The number of aromatic amines is 2. The van der Waals surface area contributed by atoms with Gasteiger partial charge in [-0.2, -0.15) is 0 Å². The van der Waals surface area contributed by atoms with Gasteiger partial charge >= 0.3 is 5.69 Å². The average Bonchev–Trinajstić information content (AvgIpc) is 2.76. The number of rotatable bonds is 5. The maximum Gasteiger partial charge on any atom is 0.325 e. The highest BCUT2D eigenvalue weighted by Gasteiger charge is 2.31. The summed E-state index contributed by atoms with van der Waals surface area (Å²) in [5.41, 5.74) is 0.429. The molecule has 1 atom stereocenters. The largest absolute Gasteiger partial charge is 0.334 e. The molecule has 150 valence electrons. The lowest BCUT2D eigenvalue weighted by atomic mass is 10.0. The van der Waals surface area contributed by atoms with E-state index in [1.54, 1.807) is 12.1 Å². The molecule has 3 rings (SSSR count). The minimum atomic E-state index is -0.535. The van der Waals surface area contributed by atoms with Crippen LogP contribution in [0.5, 0.6) is 0 Å². The zero-order valence-electron chi connectivity index (χ0n) is 16.1. The molecule has 0 bridgehead atoms. The smallest absolute Gasteiger partial charge is 0.325 e. The van der Waals surface area contributed by atoms with E-state index >= 15 is 0 Å². The van der Waals surface area contributed by atoms with E-state index in [1.165, 1.54) is 18.2 Å². The van der Waals surface area contributed by atoms with E-state index in [2.05, 4.69) is 28.7 Å². The van der Waals surface area contributed by atoms with Crippen LogP contribution >= 0.6 is 0 Å². The van der Waals surface area contributed by atoms with Gasteiger partial charge in [-0.1, -0.05) is 26.0 Å². The van der Waals surface area contributed by atoms with E-state index < -0.39 is 11.2 Å². The van der Waals surface area contributed by atoms with E-state index in [4.69, 9.17) is 0 Å². The summed E-state index contributed by atoms with van der Waals surface area (Å²) in [4.78, 5) is 44.6. The van der Waals surface area contributed by atoms with E-state index in [9.17, 15) is 18.8 Å². The minimum absolute atomic E-state index is 0.0335. The minimum Gasteiger partial charge on any atom is -0.334 e. The SMILES string of the molecule is CC(C)[C@H]1CN(Cc2cc(=O)[nH]c(=O)[nH]2)CCC(=O)N1Cc1ccc(F)cc1. The highest BCUT2D eigenvalue weighted by Crippen LogP contribution is 2.21. The van der Waals surface area contributed by atoms with Gasteiger partial charge in [0, 0.05) is 50.4 Å². The number of hydrogen-bond acceptors (Lipinski definition) is 4. The fourth-order valence-electron chi connectivity index (χ4n) is 3.59. The number of aromatic nitrogens is 2. The van der Waals surface area contributed by atoms with Crippen LogP contribution in [-0.2, 0) is 17.9 Å². The van der Waals surface area contributed by atoms with E-state index in [0.29, 0.717) is 38.3 Å². The van der Waals surface area contributed by atoms with Gasteiger partial charge in [0.25, 0.3) is 5.56 Å². The number of nitrogens with one attached hydrogen (secondary N) is 2. The number of carbonyl (C=O) groups excluding carboxylic acids is 1. The number of H-pyrrole nitrogens is 2. The molecule has 1 aliphatic rings. The highest BCUT2D eigenvalue weighted by atomic mass is 19.1. The molecule has 0 aliphatic carbocycles. The van der Waals surface area contributed by atoms with Crippen LogP contribution < -0.4 is 11.2 Å². The summed E-state index contributed by atoms with van der Waals surface area (Å²) >= 11 is 0. The second-order valence-corrected chi connectivity index (χ2v) is 7.56. The summed E-state index contributed by atoms with van der Waals surface area (Å²) in [6.07, 6.45) is 0.345. The lowest BCUT2D eigenvalue weighted by molar-refractivity contribution is -0.134. The summed E-state index contributed by atoms with van der Waals surface area (Å²) < 4.78 is 13.2. The third-order valence-corrected chi connectivity index (χ3v) is 5.05. The number of amides is 1. The molecule has 0 radical (unpaired) electrons. The summed E-state index contributed by atoms with van der Waals surface area (Å²) in [5.74, 6) is -0.0440. The first-order chi connectivity index (χ1) is 13.3. The normalized spacial score (nSPS) is 18.5. The van der Waals surface area contributed by atoms with Gasteiger partial charge in [-0.05, 0) is 23.6 Å². The van der Waals surface area contributed by atoms with Crippen molar-refractivity contribution in [1.82, 2.24) is 19.8 Å². The van der Waals surface area contributed by atoms with Crippen LogP contribution in [-0.4, -0.2) is 44.8 Å². The van der Waals surface area contributed by atoms with Crippen LogP contribution in [0.15, 0.2) is 39.9 Å². The second-order valence-electron chi connectivity index (χ2n) is 7.56. The van der Waals surface area contributed by atoms with E-state index in [-0.39, 0.29) is 23.7 Å². The third kappa shape index (κ3) is 4.95. The molecule has 0 unspecified atom stereocenters. The molecular weight excluding hydrogens is 363 g/mol. The first kappa shape index (κ1) is 20.0. The summed E-state index contributed by atoms with van der Waals surface area (Å²) in [5, 5.41) is 0. The van der Waals surface area contributed by atoms with Gasteiger partial charge in [0.05, 0.1) is 0 Å². The van der Waals surface area contributed by atoms with Crippen LogP contribution in [0.2, 0.25) is 0 Å². The monoisotopic (exact) mass is 388 g/mol. The molecule has 2 N–H and O–H groups in total. The van der Waals surface area contributed by atoms with Gasteiger partial charge in [0.15, 0.2) is 0 Å². The molecule has 8 heteroatoms. The zero-order valence-corrected chi connectivity index (χ0v) is 16.1. The Morgan fingerprint density at radius 2 is 1.82 bits per heavy atom. The molecule has 2 aromatic rings. The molecule has 1 amide bonds. The molecule has 1 aromatic carbocycles. The van der Waals surface area contributed by atoms with Gasteiger partial charge < -0.3 is 9.88 Å². The number of nitrogens with zero attached hydrogens (tertiary/aromatic N) is 2. The Labute approximate surface area is 162 Å². The van der Waals surface area contributed by atoms with Crippen LogP contribution in [0.25, 0.3) is 0 Å². The van der Waals surface area contributed by atoms with Crippen molar-refractivity contribution in [2.24, 2.45) is 5.92 Å². The number of benzene rings is 1. The van der Waals surface area contributed by atoms with Crippen molar-refractivity contribution in [3.8, 4) is 0 Å². The molecule has 1 aromatic heterocycles. The summed E-state index contributed by atoms with van der Waals surface area (Å²) in [6.45, 7) is 6.11. The molecular formula is C20H25FN4O3. The van der Waals surface area contributed by atoms with Gasteiger partial charge in [-0.3, -0.25) is 19.5 Å². The van der Waals surface area contributed by atoms with Gasteiger partial charge in [-0.25, -0.2) is 9.18 Å². The second kappa shape index (κ2) is 8.52. The predicted molar refractivity (Wildman–Crippen MR) is 103 cm³/mol. The first-order valence-corrected chi connectivity index (χ1v) is 9.40. The third-order valence-electron chi connectivity index (χ3n) is 5.05. The molecule has 1 fully saturated rings. The molecule has 1 aliphatic heterocycles. The average molecular weight is 388 g/mol. The van der Waals surface area contributed by atoms with Crippen molar-refractivity contribution < 1.29 is 9.18 Å². The maximum absolute atomic E-state index is 13.2. The number of carbonyl (C=O) groups is 1. The fourth-order valence-corrected chi connectivity index (χ4v) is 3.59. The Hall–Kier alpha value is -2.74. The maximum atomic E-state index is 13.2. The fraction of sp³-hybridized carbons (Fsp3) is 0.450. The molecule has 0 spiro atoms. The van der Waals surface area contributed by atoms with Crippen molar-refractivity contribution in [2.75, 3.05) is 13.1 Å². The Morgan fingerprint density at radius 3 is 2.46 bits per heavy atom. The number of hydrogen-bond donors (Lipinski definition) is 2. The van der Waals surface area contributed by atoms with E-state index in [1.807, 2.05) is 4.90 Å². The standard InChI is InChI=1S/C20H25FN4O3/c1-13(2)17-12-24(11-16-9-18(26)23-20(28)22-16)8-7-19(27)25(17)10-14-3-5-15(21)6-4-14/h3-6,9,13,17H,7-8,10-12H2,1-2H3,(H2,22,23,26,28)/t17-/m1/s1. The topological polar surface area (TPSA) is 89.3 Å². The lowest BCUT2D eigenvalue weighted by Crippen LogP contribution is -2.46. The van der Waals surface area contributed by atoms with Crippen molar-refractivity contribution in [3.05, 3.63) is 68.2 Å². The van der Waals surface area contributed by atoms with Crippen molar-refractivity contribution in [2.45, 2.75) is 39.4 Å². The Morgan fingerprint density at radius 1 is 1.11 bits per heavy atom. The van der Waals surface area contributed by atoms with Crippen LogP contribution in [0, 0.1) is 11.7 Å². The molecule has 7 nitrogen and oxygen atoms in total. The van der Waals surface area contributed by atoms with Crippen LogP contribution in [0.3, 0.4) is 0 Å². The quantitative estimate of drug-likeness (QED) is 0.812. The van der Waals surface area contributed by atoms with E-state index in [0.717, 1.165) is 5.56 Å². The van der Waals surface area contributed by atoms with Crippen molar-refractivity contribution in [1.29, 1.82) is 0 Å². The van der Waals surface area contributed by atoms with Crippen molar-refractivity contribution in [3.63, 3.8) is 0 Å². The van der Waals surface area contributed by atoms with Gasteiger partial charge in [0.2, 0.25) is 5.91 Å². The van der Waals surface area contributed by atoms with Crippen LogP contribution in [0.1, 0.15) is 31.5 Å².